The molecule has 0 rings (SSSR count). The molecule has 0 bridgehead atoms. The SMILES string of the molecule is CCCC(CCC)CCC(F)F. The van der Waals surface area contributed by atoms with Crippen LogP contribution in [0.15, 0.2) is 0 Å². The fourth-order valence-electron chi connectivity index (χ4n) is 1.61. The summed E-state index contributed by atoms with van der Waals surface area (Å²) in [5.74, 6) is 0.536. The molecule has 0 aromatic heterocycles. The zero-order valence-corrected chi connectivity index (χ0v) is 8.15. The van der Waals surface area contributed by atoms with Gasteiger partial charge in [0.05, 0.1) is 0 Å². The summed E-state index contributed by atoms with van der Waals surface area (Å²) in [6.07, 6.45) is 3.15. The molecule has 12 heavy (non-hydrogen) atoms. The summed E-state index contributed by atoms with van der Waals surface area (Å²) in [6.45, 7) is 4.23. The molecule has 0 atom stereocenters. The van der Waals surface area contributed by atoms with Crippen molar-refractivity contribution in [3.63, 3.8) is 0 Å². The molecule has 0 saturated heterocycles. The summed E-state index contributed by atoms with van der Waals surface area (Å²) in [5.41, 5.74) is 0. The van der Waals surface area contributed by atoms with Gasteiger partial charge in [0.2, 0.25) is 6.43 Å². The molecular weight excluding hydrogens is 158 g/mol. The Balaban J connectivity index is 3.48. The first-order valence-electron chi connectivity index (χ1n) is 4.98. The molecule has 0 N–H and O–H groups in total. The van der Waals surface area contributed by atoms with Crippen molar-refractivity contribution < 1.29 is 8.78 Å². The van der Waals surface area contributed by atoms with Gasteiger partial charge in [-0.25, -0.2) is 8.78 Å². The lowest BCUT2D eigenvalue weighted by Crippen LogP contribution is -2.02. The third-order valence-electron chi connectivity index (χ3n) is 2.19. The van der Waals surface area contributed by atoms with E-state index < -0.39 is 6.43 Å². The summed E-state index contributed by atoms with van der Waals surface area (Å²) in [4.78, 5) is 0. The Kier molecular flexibility index (Phi) is 7.42. The van der Waals surface area contributed by atoms with Gasteiger partial charge in [0.1, 0.15) is 0 Å². The van der Waals surface area contributed by atoms with Crippen molar-refractivity contribution in [3.05, 3.63) is 0 Å². The molecule has 0 unspecified atom stereocenters. The van der Waals surface area contributed by atoms with E-state index in [1.54, 1.807) is 0 Å². The van der Waals surface area contributed by atoms with Gasteiger partial charge in [0, 0.05) is 6.42 Å². The van der Waals surface area contributed by atoms with Gasteiger partial charge in [-0.1, -0.05) is 39.5 Å². The Bertz CT molecular complexity index is 85.8. The van der Waals surface area contributed by atoms with Crippen molar-refractivity contribution in [2.45, 2.75) is 58.8 Å². The largest absolute Gasteiger partial charge is 0.238 e. The second kappa shape index (κ2) is 7.51. The van der Waals surface area contributed by atoms with E-state index in [2.05, 4.69) is 13.8 Å². The number of rotatable bonds is 7. The van der Waals surface area contributed by atoms with E-state index in [0.29, 0.717) is 12.3 Å². The number of hydrogen-bond acceptors (Lipinski definition) is 0. The maximum absolute atomic E-state index is 11.9. The predicted molar refractivity (Wildman–Crippen MR) is 48.5 cm³/mol. The summed E-state index contributed by atoms with van der Waals surface area (Å²) in [5, 5.41) is 0. The third-order valence-corrected chi connectivity index (χ3v) is 2.19. The highest BCUT2D eigenvalue weighted by atomic mass is 19.3. The first-order chi connectivity index (χ1) is 5.70. The normalized spacial score (nSPS) is 11.5. The van der Waals surface area contributed by atoms with Crippen LogP contribution in [0.25, 0.3) is 0 Å². The lowest BCUT2D eigenvalue weighted by molar-refractivity contribution is 0.125. The Morgan fingerprint density at radius 2 is 1.33 bits per heavy atom. The van der Waals surface area contributed by atoms with E-state index in [9.17, 15) is 8.78 Å². The maximum Gasteiger partial charge on any atom is 0.238 e. The molecule has 2 heteroatoms. The summed E-state index contributed by atoms with van der Waals surface area (Å²) in [7, 11) is 0. The average molecular weight is 178 g/mol. The zero-order valence-electron chi connectivity index (χ0n) is 8.15. The standard InChI is InChI=1S/C10H20F2/c1-3-5-9(6-4-2)7-8-10(11)12/h9-10H,3-8H2,1-2H3. The fraction of sp³-hybridized carbons (Fsp3) is 1.00. The molecular formula is C10H20F2. The van der Waals surface area contributed by atoms with E-state index in [1.807, 2.05) is 0 Å². The zero-order chi connectivity index (χ0) is 9.40. The van der Waals surface area contributed by atoms with Crippen molar-refractivity contribution in [2.75, 3.05) is 0 Å². The van der Waals surface area contributed by atoms with Crippen molar-refractivity contribution in [1.82, 2.24) is 0 Å². The van der Waals surface area contributed by atoms with Gasteiger partial charge in [0.15, 0.2) is 0 Å². The minimum absolute atomic E-state index is 0.0880. The molecule has 0 radical (unpaired) electrons. The van der Waals surface area contributed by atoms with Crippen LogP contribution >= 0.6 is 0 Å². The molecule has 0 aliphatic carbocycles. The second-order valence-corrected chi connectivity index (χ2v) is 3.41. The van der Waals surface area contributed by atoms with Gasteiger partial charge in [-0.2, -0.15) is 0 Å². The highest BCUT2D eigenvalue weighted by Crippen LogP contribution is 2.21. The van der Waals surface area contributed by atoms with Gasteiger partial charge in [-0.15, -0.1) is 0 Å². The Morgan fingerprint density at radius 3 is 1.67 bits per heavy atom. The molecule has 0 aromatic carbocycles. The lowest BCUT2D eigenvalue weighted by atomic mass is 9.93. The van der Waals surface area contributed by atoms with Crippen LogP contribution in [0.1, 0.15) is 52.4 Å². The average Bonchev–Trinajstić information content (AvgIpc) is 2.01. The van der Waals surface area contributed by atoms with Crippen molar-refractivity contribution in [2.24, 2.45) is 5.92 Å². The second-order valence-electron chi connectivity index (χ2n) is 3.41. The van der Waals surface area contributed by atoms with Crippen LogP contribution in [0.4, 0.5) is 8.78 Å². The van der Waals surface area contributed by atoms with Crippen LogP contribution < -0.4 is 0 Å². The van der Waals surface area contributed by atoms with Crippen LogP contribution in [-0.4, -0.2) is 6.43 Å². The Labute approximate surface area is 74.4 Å². The molecule has 0 heterocycles. The first-order valence-corrected chi connectivity index (χ1v) is 4.98. The van der Waals surface area contributed by atoms with Gasteiger partial charge in [-0.3, -0.25) is 0 Å². The van der Waals surface area contributed by atoms with Crippen LogP contribution in [0.3, 0.4) is 0 Å². The Morgan fingerprint density at radius 1 is 0.833 bits per heavy atom. The van der Waals surface area contributed by atoms with Crippen molar-refractivity contribution >= 4 is 0 Å². The van der Waals surface area contributed by atoms with Crippen LogP contribution in [0.5, 0.6) is 0 Å². The van der Waals surface area contributed by atoms with Gasteiger partial charge in [-0.05, 0) is 12.3 Å². The monoisotopic (exact) mass is 178 g/mol. The summed E-state index contributed by atoms with van der Waals surface area (Å²) in [6, 6.07) is 0. The smallest absolute Gasteiger partial charge is 0.211 e. The Hall–Kier alpha value is -0.140. The molecule has 74 valence electrons. The number of hydrogen-bond donors (Lipinski definition) is 0. The quantitative estimate of drug-likeness (QED) is 0.546. The molecule has 0 aliphatic rings. The third kappa shape index (κ3) is 6.56. The van der Waals surface area contributed by atoms with Crippen LogP contribution in [0.2, 0.25) is 0 Å². The highest BCUT2D eigenvalue weighted by molar-refractivity contribution is 4.59. The first kappa shape index (κ1) is 11.9. The van der Waals surface area contributed by atoms with E-state index in [1.165, 1.54) is 0 Å². The fourth-order valence-corrected chi connectivity index (χ4v) is 1.61. The molecule has 0 saturated carbocycles. The van der Waals surface area contributed by atoms with E-state index in [4.69, 9.17) is 0 Å². The predicted octanol–water partition coefficient (Wildman–Crippen LogP) is 4.25. The molecule has 0 aromatic rings. The molecule has 0 fully saturated rings. The van der Waals surface area contributed by atoms with E-state index in [0.717, 1.165) is 25.7 Å². The van der Waals surface area contributed by atoms with Gasteiger partial charge >= 0.3 is 0 Å². The van der Waals surface area contributed by atoms with Crippen LogP contribution in [0, 0.1) is 5.92 Å². The minimum Gasteiger partial charge on any atom is -0.211 e. The van der Waals surface area contributed by atoms with Crippen LogP contribution in [-0.2, 0) is 0 Å². The van der Waals surface area contributed by atoms with Gasteiger partial charge < -0.3 is 0 Å². The minimum atomic E-state index is -2.11. The van der Waals surface area contributed by atoms with E-state index in [-0.39, 0.29) is 6.42 Å². The topological polar surface area (TPSA) is 0 Å². The number of halogens is 2. The summed E-state index contributed by atoms with van der Waals surface area (Å²) >= 11 is 0. The summed E-state index contributed by atoms with van der Waals surface area (Å²) < 4.78 is 23.8. The number of alkyl halides is 2. The lowest BCUT2D eigenvalue weighted by Gasteiger charge is -2.14. The van der Waals surface area contributed by atoms with Crippen molar-refractivity contribution in [3.8, 4) is 0 Å². The van der Waals surface area contributed by atoms with Crippen molar-refractivity contribution in [1.29, 1.82) is 0 Å². The molecule has 0 aliphatic heterocycles. The molecule has 0 amide bonds. The molecule has 0 nitrogen and oxygen atoms in total. The molecule has 0 spiro atoms. The van der Waals surface area contributed by atoms with Gasteiger partial charge in [0.25, 0.3) is 0 Å². The maximum atomic E-state index is 11.9. The van der Waals surface area contributed by atoms with E-state index >= 15 is 0 Å². The highest BCUT2D eigenvalue weighted by Gasteiger charge is 2.10.